The number of piperidine rings is 1. The molecule has 0 saturated carbocycles. The van der Waals surface area contributed by atoms with E-state index in [4.69, 9.17) is 27.9 Å². The maximum Gasteiger partial charge on any atom is 0.408 e. The monoisotopic (exact) mass is 590 g/mol. The molecular formula is C26H28Cl2F4N4O3. The second kappa shape index (κ2) is 11.0. The Balaban J connectivity index is 1.37. The van der Waals surface area contributed by atoms with Crippen LogP contribution in [0.4, 0.5) is 23.4 Å². The van der Waals surface area contributed by atoms with E-state index in [1.54, 1.807) is 19.9 Å². The topological polar surface area (TPSA) is 83.6 Å². The molecule has 2 saturated heterocycles. The minimum absolute atomic E-state index is 0.00433. The highest BCUT2D eigenvalue weighted by atomic mass is 35.5. The Bertz CT molecular complexity index is 1230. The Labute approximate surface area is 233 Å². The van der Waals surface area contributed by atoms with Crippen LogP contribution >= 0.6 is 23.2 Å². The van der Waals surface area contributed by atoms with E-state index in [-0.39, 0.29) is 45.4 Å². The summed E-state index contributed by atoms with van der Waals surface area (Å²) < 4.78 is 57.9. The number of pyridine rings is 1. The van der Waals surface area contributed by atoms with Gasteiger partial charge in [0, 0.05) is 30.4 Å². The molecule has 3 heterocycles. The molecule has 212 valence electrons. The number of carbonyl (C=O) groups is 2. The predicted molar refractivity (Wildman–Crippen MR) is 139 cm³/mol. The van der Waals surface area contributed by atoms with E-state index in [0.717, 1.165) is 25.8 Å². The number of aromatic nitrogens is 1. The van der Waals surface area contributed by atoms with Gasteiger partial charge in [-0.05, 0) is 64.7 Å². The summed E-state index contributed by atoms with van der Waals surface area (Å²) >= 11 is 11.8. The van der Waals surface area contributed by atoms with E-state index in [0.29, 0.717) is 18.7 Å². The van der Waals surface area contributed by atoms with Crippen molar-refractivity contribution in [3.05, 3.63) is 51.9 Å². The molecule has 0 aliphatic carbocycles. The van der Waals surface area contributed by atoms with Crippen LogP contribution in [0.1, 0.15) is 56.8 Å². The predicted octanol–water partition coefficient (Wildman–Crippen LogP) is 5.68. The molecule has 3 atom stereocenters. The molecule has 13 heteroatoms. The highest BCUT2D eigenvalue weighted by molar-refractivity contribution is 6.35. The zero-order valence-electron chi connectivity index (χ0n) is 21.4. The van der Waals surface area contributed by atoms with Crippen molar-refractivity contribution in [3.63, 3.8) is 0 Å². The molecule has 7 nitrogen and oxygen atoms in total. The van der Waals surface area contributed by atoms with Gasteiger partial charge in [-0.25, -0.2) is 9.37 Å². The van der Waals surface area contributed by atoms with Crippen molar-refractivity contribution in [3.8, 4) is 5.75 Å². The summed E-state index contributed by atoms with van der Waals surface area (Å²) in [7, 11) is 0. The number of hydrogen-bond donors (Lipinski definition) is 2. The van der Waals surface area contributed by atoms with E-state index in [2.05, 4.69) is 15.2 Å². The number of nitrogens with one attached hydrogen (secondary N) is 2. The first kappa shape index (κ1) is 29.2. The fourth-order valence-electron chi connectivity index (χ4n) is 4.97. The maximum atomic E-state index is 13.9. The van der Waals surface area contributed by atoms with Crippen LogP contribution in [0.5, 0.6) is 5.75 Å². The van der Waals surface area contributed by atoms with E-state index in [1.807, 2.05) is 5.32 Å². The van der Waals surface area contributed by atoms with Crippen molar-refractivity contribution < 1.29 is 31.9 Å². The molecule has 1 aromatic heterocycles. The van der Waals surface area contributed by atoms with Crippen molar-refractivity contribution in [1.29, 1.82) is 0 Å². The fraction of sp³-hybridized carbons (Fsp3) is 0.500. The molecule has 4 rings (SSSR count). The van der Waals surface area contributed by atoms with Gasteiger partial charge in [-0.3, -0.25) is 9.59 Å². The van der Waals surface area contributed by atoms with Crippen LogP contribution in [0.25, 0.3) is 0 Å². The van der Waals surface area contributed by atoms with Gasteiger partial charge in [0.15, 0.2) is 5.60 Å². The van der Waals surface area contributed by atoms with Gasteiger partial charge in [0.2, 0.25) is 0 Å². The zero-order chi connectivity index (χ0) is 28.7. The van der Waals surface area contributed by atoms with Crippen molar-refractivity contribution in [2.24, 2.45) is 0 Å². The van der Waals surface area contributed by atoms with Gasteiger partial charge in [-0.15, -0.1) is 0 Å². The molecule has 39 heavy (non-hydrogen) atoms. The molecule has 2 aromatic rings. The molecule has 0 spiro atoms. The first-order chi connectivity index (χ1) is 18.2. The van der Waals surface area contributed by atoms with E-state index < -0.39 is 29.5 Å². The van der Waals surface area contributed by atoms with Crippen molar-refractivity contribution in [2.75, 3.05) is 4.90 Å². The molecule has 0 radical (unpaired) electrons. The van der Waals surface area contributed by atoms with Gasteiger partial charge < -0.3 is 20.3 Å². The Kier molecular flexibility index (Phi) is 8.23. The quantitative estimate of drug-likeness (QED) is 0.320. The van der Waals surface area contributed by atoms with Crippen LogP contribution < -0.4 is 20.3 Å². The average Bonchev–Trinajstić information content (AvgIpc) is 3.11. The normalized spacial score (nSPS) is 21.9. The molecule has 2 bridgehead atoms. The smallest absolute Gasteiger partial charge is 0.408 e. The van der Waals surface area contributed by atoms with E-state index in [1.165, 1.54) is 18.3 Å². The largest absolute Gasteiger partial charge is 0.476 e. The van der Waals surface area contributed by atoms with Crippen LogP contribution in [0.2, 0.25) is 10.0 Å². The first-order valence-electron chi connectivity index (χ1n) is 12.4. The van der Waals surface area contributed by atoms with Gasteiger partial charge in [0.05, 0.1) is 15.6 Å². The lowest BCUT2D eigenvalue weighted by Crippen LogP contribution is -2.55. The van der Waals surface area contributed by atoms with E-state index >= 15 is 0 Å². The minimum Gasteiger partial charge on any atom is -0.476 e. The summed E-state index contributed by atoms with van der Waals surface area (Å²) in [6.45, 7) is 4.00. The van der Waals surface area contributed by atoms with Gasteiger partial charge in [-0.2, -0.15) is 13.2 Å². The second-order valence-electron chi connectivity index (χ2n) is 10.4. The number of halogens is 6. The number of fused-ring (bicyclic) bond motifs is 2. The number of amides is 2. The SMILES string of the molecule is C[C@H](NC(=O)c1ccc(N2C3CCC2CC(NC(=O)C(C)(C)Oc2cc(F)c(Cl)cc2Cl)C3)nc1)C(F)(F)F. The summed E-state index contributed by atoms with van der Waals surface area (Å²) in [5.41, 5.74) is -1.31. The summed E-state index contributed by atoms with van der Waals surface area (Å²) in [5.74, 6) is -1.32. The standard InChI is InChI=1S/C26H28Cl2F4N4O3/c1-13(26(30,31)32)34-23(37)14-4-7-22(33-12-14)36-16-5-6-17(36)9-15(8-16)35-24(38)25(2,3)39-21-11-20(29)18(27)10-19(21)28/h4,7,10-13,15-17H,5-6,8-9H2,1-3H3,(H,34,37)(H,35,38)/t13-,15?,16?,17?/m0/s1. The number of nitrogens with zero attached hydrogens (tertiary/aromatic N) is 2. The number of carbonyl (C=O) groups excluding carboxylic acids is 2. The lowest BCUT2D eigenvalue weighted by atomic mass is 9.96. The Morgan fingerprint density at radius 3 is 2.31 bits per heavy atom. The summed E-state index contributed by atoms with van der Waals surface area (Å²) in [6.07, 6.45) is -0.230. The number of ether oxygens (including phenoxy) is 1. The van der Waals surface area contributed by atoms with Crippen LogP contribution in [0, 0.1) is 5.82 Å². The Morgan fingerprint density at radius 1 is 1.10 bits per heavy atom. The Morgan fingerprint density at radius 2 is 1.74 bits per heavy atom. The molecule has 2 fully saturated rings. The van der Waals surface area contributed by atoms with Crippen LogP contribution in [-0.2, 0) is 4.79 Å². The molecule has 2 amide bonds. The van der Waals surface area contributed by atoms with Gasteiger partial charge >= 0.3 is 6.18 Å². The highest BCUT2D eigenvalue weighted by Crippen LogP contribution is 2.39. The van der Waals surface area contributed by atoms with Gasteiger partial charge in [0.25, 0.3) is 11.8 Å². The molecule has 2 unspecified atom stereocenters. The third-order valence-electron chi connectivity index (χ3n) is 7.07. The maximum absolute atomic E-state index is 13.9. The third-order valence-corrected chi connectivity index (χ3v) is 7.65. The first-order valence-corrected chi connectivity index (χ1v) is 13.2. The molecule has 2 aliphatic rings. The van der Waals surface area contributed by atoms with Crippen LogP contribution in [-0.4, -0.2) is 52.7 Å². The number of benzene rings is 1. The molecule has 1 aromatic carbocycles. The number of rotatable bonds is 7. The summed E-state index contributed by atoms with van der Waals surface area (Å²) in [4.78, 5) is 31.8. The van der Waals surface area contributed by atoms with E-state index in [9.17, 15) is 27.2 Å². The van der Waals surface area contributed by atoms with Crippen LogP contribution in [0.3, 0.4) is 0 Å². The molecule has 2 aliphatic heterocycles. The minimum atomic E-state index is -4.54. The van der Waals surface area contributed by atoms with Crippen molar-refractivity contribution in [2.45, 2.75) is 82.4 Å². The second-order valence-corrected chi connectivity index (χ2v) is 11.2. The zero-order valence-corrected chi connectivity index (χ0v) is 22.9. The number of alkyl halides is 3. The Hall–Kier alpha value is -2.79. The van der Waals surface area contributed by atoms with Gasteiger partial charge in [-0.1, -0.05) is 23.2 Å². The summed E-state index contributed by atoms with van der Waals surface area (Å²) in [6, 6.07) is 3.38. The average molecular weight is 591 g/mol. The van der Waals surface area contributed by atoms with Crippen molar-refractivity contribution in [1.82, 2.24) is 15.6 Å². The molecular weight excluding hydrogens is 563 g/mol. The highest BCUT2D eigenvalue weighted by Gasteiger charge is 2.43. The lowest BCUT2D eigenvalue weighted by Gasteiger charge is -2.40. The molecule has 2 N–H and O–H groups in total. The summed E-state index contributed by atoms with van der Waals surface area (Å²) in [5, 5.41) is 4.89. The van der Waals surface area contributed by atoms with Crippen molar-refractivity contribution >= 4 is 40.8 Å². The number of anilines is 1. The fourth-order valence-corrected chi connectivity index (χ4v) is 5.39. The number of hydrogen-bond acceptors (Lipinski definition) is 5. The van der Waals surface area contributed by atoms with Crippen LogP contribution in [0.15, 0.2) is 30.5 Å². The third kappa shape index (κ3) is 6.51. The lowest BCUT2D eigenvalue weighted by molar-refractivity contribution is -0.149. The van der Waals surface area contributed by atoms with Gasteiger partial charge in [0.1, 0.15) is 23.4 Å².